The van der Waals surface area contributed by atoms with Gasteiger partial charge in [0.15, 0.2) is 0 Å². The molecule has 1 heterocycles. The Kier molecular flexibility index (Phi) is 3.62. The maximum Gasteiger partial charge on any atom is 0.0228 e. The smallest absolute Gasteiger partial charge is 0.0228 e. The van der Waals surface area contributed by atoms with E-state index in [0.717, 1.165) is 13.1 Å². The van der Waals surface area contributed by atoms with Gasteiger partial charge in [0.1, 0.15) is 0 Å². The molecule has 0 bridgehead atoms. The van der Waals surface area contributed by atoms with Crippen LogP contribution < -0.4 is 5.32 Å². The first-order valence-corrected chi connectivity index (χ1v) is 7.02. The van der Waals surface area contributed by atoms with Crippen LogP contribution in [0.4, 0.5) is 0 Å². The van der Waals surface area contributed by atoms with Crippen molar-refractivity contribution in [2.24, 2.45) is 0 Å². The summed E-state index contributed by atoms with van der Waals surface area (Å²) in [6.07, 6.45) is 5.38. The lowest BCUT2D eigenvalue weighted by Crippen LogP contribution is -2.49. The van der Waals surface area contributed by atoms with E-state index in [0.29, 0.717) is 5.54 Å². The van der Waals surface area contributed by atoms with E-state index >= 15 is 0 Å². The summed E-state index contributed by atoms with van der Waals surface area (Å²) >= 11 is 0. The molecular formula is C15H26N2. The average molecular weight is 234 g/mol. The van der Waals surface area contributed by atoms with Crippen molar-refractivity contribution in [3.05, 3.63) is 23.0 Å². The number of hydrogen-bond acceptors (Lipinski definition) is 1. The van der Waals surface area contributed by atoms with Gasteiger partial charge in [-0.25, -0.2) is 0 Å². The predicted molar refractivity (Wildman–Crippen MR) is 73.3 cm³/mol. The number of nitrogens with zero attached hydrogens (tertiary/aromatic N) is 1. The van der Waals surface area contributed by atoms with Crippen LogP contribution in [0.25, 0.3) is 0 Å². The third-order valence-electron chi connectivity index (χ3n) is 4.64. The lowest BCUT2D eigenvalue weighted by atomic mass is 9.75. The van der Waals surface area contributed by atoms with E-state index in [1.165, 1.54) is 42.6 Å². The molecule has 1 aromatic rings. The zero-order valence-electron chi connectivity index (χ0n) is 11.8. The van der Waals surface area contributed by atoms with Crippen LogP contribution in [0.1, 0.15) is 56.5 Å². The monoisotopic (exact) mass is 234 g/mol. The molecule has 1 aliphatic rings. The first-order chi connectivity index (χ1) is 8.12. The molecule has 0 radical (unpaired) electrons. The number of hydrogen-bond donors (Lipinski definition) is 1. The molecule has 1 fully saturated rings. The zero-order chi connectivity index (χ0) is 12.5. The maximum atomic E-state index is 3.79. The molecule has 0 saturated heterocycles. The highest BCUT2D eigenvalue weighted by Gasteiger charge is 2.34. The molecule has 0 amide bonds. The minimum atomic E-state index is 0.453. The van der Waals surface area contributed by atoms with Crippen LogP contribution in [-0.2, 0) is 13.1 Å². The van der Waals surface area contributed by atoms with E-state index in [9.17, 15) is 0 Å². The largest absolute Gasteiger partial charge is 0.349 e. The van der Waals surface area contributed by atoms with Crippen LogP contribution in [0.5, 0.6) is 0 Å². The van der Waals surface area contributed by atoms with Gasteiger partial charge in [0.05, 0.1) is 0 Å². The predicted octanol–water partition coefficient (Wildman–Crippen LogP) is 3.55. The summed E-state index contributed by atoms with van der Waals surface area (Å²) in [5, 5.41) is 3.79. The molecule has 17 heavy (non-hydrogen) atoms. The minimum absolute atomic E-state index is 0.453. The fourth-order valence-electron chi connectivity index (χ4n) is 3.08. The molecule has 0 unspecified atom stereocenters. The van der Waals surface area contributed by atoms with E-state index < -0.39 is 0 Å². The molecule has 1 saturated carbocycles. The van der Waals surface area contributed by atoms with Crippen LogP contribution in [-0.4, -0.2) is 10.1 Å². The topological polar surface area (TPSA) is 17.0 Å². The van der Waals surface area contributed by atoms with Gasteiger partial charge in [-0.05, 0) is 58.1 Å². The highest BCUT2D eigenvalue weighted by Crippen LogP contribution is 2.35. The molecular weight excluding hydrogens is 208 g/mol. The number of nitrogens with one attached hydrogen (secondary N) is 1. The van der Waals surface area contributed by atoms with Crippen LogP contribution >= 0.6 is 0 Å². The summed E-state index contributed by atoms with van der Waals surface area (Å²) in [6, 6.07) is 2.34. The minimum Gasteiger partial charge on any atom is -0.349 e. The lowest BCUT2D eigenvalue weighted by molar-refractivity contribution is 0.175. The molecule has 1 aromatic heterocycles. The summed E-state index contributed by atoms with van der Waals surface area (Å²) in [5.41, 5.74) is 4.75. The number of rotatable bonds is 5. The van der Waals surface area contributed by atoms with Gasteiger partial charge in [0.2, 0.25) is 0 Å². The Morgan fingerprint density at radius 2 is 2.00 bits per heavy atom. The Bertz CT molecular complexity index is 380. The maximum absolute atomic E-state index is 3.79. The summed E-state index contributed by atoms with van der Waals surface area (Å²) in [6.45, 7) is 11.1. The lowest BCUT2D eigenvalue weighted by Gasteiger charge is -2.42. The second-order valence-electron chi connectivity index (χ2n) is 5.48. The Hall–Kier alpha value is -0.760. The molecule has 1 N–H and O–H groups in total. The van der Waals surface area contributed by atoms with Crippen molar-refractivity contribution in [1.29, 1.82) is 0 Å². The zero-order valence-corrected chi connectivity index (χ0v) is 11.8. The van der Waals surface area contributed by atoms with Crippen LogP contribution in [0.3, 0.4) is 0 Å². The van der Waals surface area contributed by atoms with Gasteiger partial charge in [-0.2, -0.15) is 0 Å². The molecule has 0 aliphatic heterocycles. The number of aryl methyl sites for hydroxylation is 1. The number of aromatic nitrogens is 1. The van der Waals surface area contributed by atoms with Gasteiger partial charge in [0, 0.05) is 30.0 Å². The molecule has 2 nitrogen and oxygen atoms in total. The molecule has 1 aliphatic carbocycles. The van der Waals surface area contributed by atoms with Crippen molar-refractivity contribution in [1.82, 2.24) is 9.88 Å². The SMILES string of the molecule is CCn1c(C)cc(CNC2(CC)CCC2)c1C. The Morgan fingerprint density at radius 3 is 2.41 bits per heavy atom. The van der Waals surface area contributed by atoms with Crippen molar-refractivity contribution in [2.45, 2.75) is 72.0 Å². The summed E-state index contributed by atoms with van der Waals surface area (Å²) in [5.74, 6) is 0. The van der Waals surface area contributed by atoms with Gasteiger partial charge < -0.3 is 9.88 Å². The molecule has 2 rings (SSSR count). The molecule has 96 valence electrons. The van der Waals surface area contributed by atoms with Crippen molar-refractivity contribution in [3.63, 3.8) is 0 Å². The van der Waals surface area contributed by atoms with E-state index in [-0.39, 0.29) is 0 Å². The normalized spacial score (nSPS) is 18.1. The first-order valence-electron chi connectivity index (χ1n) is 7.02. The Labute approximate surface area is 105 Å². The van der Waals surface area contributed by atoms with Crippen molar-refractivity contribution < 1.29 is 0 Å². The first kappa shape index (κ1) is 12.7. The highest BCUT2D eigenvalue weighted by molar-refractivity contribution is 5.26. The van der Waals surface area contributed by atoms with Crippen molar-refractivity contribution >= 4 is 0 Å². The summed E-state index contributed by atoms with van der Waals surface area (Å²) in [4.78, 5) is 0. The fourth-order valence-corrected chi connectivity index (χ4v) is 3.08. The van der Waals surface area contributed by atoms with Crippen molar-refractivity contribution in [2.75, 3.05) is 0 Å². The Balaban J connectivity index is 2.04. The van der Waals surface area contributed by atoms with Crippen LogP contribution in [0, 0.1) is 13.8 Å². The molecule has 0 spiro atoms. The summed E-state index contributed by atoms with van der Waals surface area (Å²) < 4.78 is 2.40. The average Bonchev–Trinajstić information content (AvgIpc) is 2.53. The highest BCUT2D eigenvalue weighted by atomic mass is 15.0. The van der Waals surface area contributed by atoms with Crippen LogP contribution in [0.15, 0.2) is 6.07 Å². The van der Waals surface area contributed by atoms with Gasteiger partial charge in [-0.1, -0.05) is 6.92 Å². The summed E-state index contributed by atoms with van der Waals surface area (Å²) in [7, 11) is 0. The van der Waals surface area contributed by atoms with Gasteiger partial charge in [-0.15, -0.1) is 0 Å². The van der Waals surface area contributed by atoms with E-state index in [2.05, 4.69) is 43.6 Å². The second kappa shape index (κ2) is 4.85. The molecule has 0 atom stereocenters. The van der Waals surface area contributed by atoms with Gasteiger partial charge in [-0.3, -0.25) is 0 Å². The van der Waals surface area contributed by atoms with Gasteiger partial charge >= 0.3 is 0 Å². The molecule has 2 heteroatoms. The second-order valence-corrected chi connectivity index (χ2v) is 5.48. The third-order valence-corrected chi connectivity index (χ3v) is 4.64. The third kappa shape index (κ3) is 2.28. The van der Waals surface area contributed by atoms with Gasteiger partial charge in [0.25, 0.3) is 0 Å². The quantitative estimate of drug-likeness (QED) is 0.824. The standard InChI is InChI=1S/C15H26N2/c1-5-15(8-7-9-15)16-11-14-10-12(3)17(6-2)13(14)4/h10,16H,5-9,11H2,1-4H3. The fraction of sp³-hybridized carbons (Fsp3) is 0.733. The van der Waals surface area contributed by atoms with Crippen molar-refractivity contribution in [3.8, 4) is 0 Å². The van der Waals surface area contributed by atoms with E-state index in [1.807, 2.05) is 0 Å². The Morgan fingerprint density at radius 1 is 1.29 bits per heavy atom. The van der Waals surface area contributed by atoms with E-state index in [4.69, 9.17) is 0 Å². The molecule has 0 aromatic carbocycles. The van der Waals surface area contributed by atoms with E-state index in [1.54, 1.807) is 0 Å². The van der Waals surface area contributed by atoms with Crippen LogP contribution in [0.2, 0.25) is 0 Å².